The minimum absolute atomic E-state index is 0.0432. The highest BCUT2D eigenvalue weighted by molar-refractivity contribution is 5.90. The molecule has 4 aliphatic rings. The molecule has 0 aromatic carbocycles. The van der Waals surface area contributed by atoms with Crippen LogP contribution >= 0.6 is 0 Å². The lowest BCUT2D eigenvalue weighted by Gasteiger charge is -2.60. The summed E-state index contributed by atoms with van der Waals surface area (Å²) in [5, 5.41) is 13.6. The zero-order valence-electron chi connectivity index (χ0n) is 18.0. The Labute approximate surface area is 173 Å². The number of carbonyl (C=O) groups is 2. The van der Waals surface area contributed by atoms with Crippen LogP contribution in [0.4, 0.5) is 0 Å². The van der Waals surface area contributed by atoms with E-state index in [-0.39, 0.29) is 41.3 Å². The summed E-state index contributed by atoms with van der Waals surface area (Å²) in [6, 6.07) is -0.202. The number of hydrogen-bond acceptors (Lipinski definition) is 6. The third kappa shape index (κ3) is 3.31. The standard InChI is InChI=1S/C23H36N2O4/c1-13(24)10-21(27)29-14-6-8-22(2)17-7-9-23(3)16(4-5-20(23)26)15(17)12-19(25-28)18(22)11-14/h13-18,28H,4-12,24H2,1-3H3/b25-19-/t13-,14?,15-,16-,17+,18?,22+,23-/m0/s1. The Morgan fingerprint density at radius 3 is 2.72 bits per heavy atom. The van der Waals surface area contributed by atoms with E-state index in [0.29, 0.717) is 30.0 Å². The molecule has 4 saturated carbocycles. The van der Waals surface area contributed by atoms with Crippen LogP contribution in [0.15, 0.2) is 5.16 Å². The molecule has 0 aromatic heterocycles. The normalized spacial score (nSPS) is 46.6. The van der Waals surface area contributed by atoms with Gasteiger partial charge in [-0.15, -0.1) is 0 Å². The topological polar surface area (TPSA) is 102 Å². The van der Waals surface area contributed by atoms with Crippen molar-refractivity contribution in [3.63, 3.8) is 0 Å². The van der Waals surface area contributed by atoms with E-state index in [9.17, 15) is 14.8 Å². The Morgan fingerprint density at radius 2 is 2.03 bits per heavy atom. The van der Waals surface area contributed by atoms with Crippen molar-refractivity contribution in [2.24, 2.45) is 45.4 Å². The Morgan fingerprint density at radius 1 is 1.28 bits per heavy atom. The number of ketones is 1. The third-order valence-electron chi connectivity index (χ3n) is 9.06. The molecule has 2 unspecified atom stereocenters. The number of hydrogen-bond donors (Lipinski definition) is 2. The fourth-order valence-corrected chi connectivity index (χ4v) is 7.52. The SMILES string of the molecule is C[C@H](N)CC(=O)OC1CC[C@@]2(C)C(C1)/C(=N\O)C[C@@H]1[C@H]2CC[C@]2(C)C(=O)CC[C@@H]12. The largest absolute Gasteiger partial charge is 0.462 e. The number of oxime groups is 1. The molecule has 6 nitrogen and oxygen atoms in total. The fourth-order valence-electron chi connectivity index (χ4n) is 7.52. The van der Waals surface area contributed by atoms with E-state index in [1.807, 2.05) is 6.92 Å². The van der Waals surface area contributed by atoms with Gasteiger partial charge in [-0.3, -0.25) is 9.59 Å². The summed E-state index contributed by atoms with van der Waals surface area (Å²) in [5.74, 6) is 1.71. The van der Waals surface area contributed by atoms with Crippen LogP contribution in [0.5, 0.6) is 0 Å². The summed E-state index contributed by atoms with van der Waals surface area (Å²) in [6.45, 7) is 6.32. The molecule has 162 valence electrons. The number of nitrogens with zero attached hydrogens (tertiary/aromatic N) is 1. The van der Waals surface area contributed by atoms with Crippen molar-refractivity contribution in [2.45, 2.75) is 90.7 Å². The average Bonchev–Trinajstić information content (AvgIpc) is 2.96. The highest BCUT2D eigenvalue weighted by atomic mass is 16.5. The first-order valence-electron chi connectivity index (χ1n) is 11.4. The Bertz CT molecular complexity index is 720. The van der Waals surface area contributed by atoms with Gasteiger partial charge in [0.15, 0.2) is 0 Å². The lowest BCUT2D eigenvalue weighted by atomic mass is 9.44. The van der Waals surface area contributed by atoms with E-state index in [0.717, 1.165) is 50.7 Å². The van der Waals surface area contributed by atoms with E-state index in [4.69, 9.17) is 10.5 Å². The molecule has 8 atom stereocenters. The number of fused-ring (bicyclic) bond motifs is 5. The molecule has 29 heavy (non-hydrogen) atoms. The van der Waals surface area contributed by atoms with Crippen molar-refractivity contribution in [1.29, 1.82) is 0 Å². The van der Waals surface area contributed by atoms with Crippen molar-refractivity contribution < 1.29 is 19.5 Å². The highest BCUT2D eigenvalue weighted by Crippen LogP contribution is 2.65. The van der Waals surface area contributed by atoms with E-state index >= 15 is 0 Å². The molecule has 4 rings (SSSR count). The minimum Gasteiger partial charge on any atom is -0.462 e. The van der Waals surface area contributed by atoms with Crippen molar-refractivity contribution in [2.75, 3.05) is 0 Å². The van der Waals surface area contributed by atoms with Gasteiger partial charge < -0.3 is 15.7 Å². The van der Waals surface area contributed by atoms with Gasteiger partial charge in [0.1, 0.15) is 11.9 Å². The molecule has 0 heterocycles. The zero-order valence-corrected chi connectivity index (χ0v) is 18.0. The number of Topliss-reactive ketones (excluding diaryl/α,β-unsaturated/α-hetero) is 1. The summed E-state index contributed by atoms with van der Waals surface area (Å²) >= 11 is 0. The predicted molar refractivity (Wildman–Crippen MR) is 109 cm³/mol. The van der Waals surface area contributed by atoms with Crippen LogP contribution in [0.1, 0.15) is 78.6 Å². The van der Waals surface area contributed by atoms with Crippen LogP contribution in [0.2, 0.25) is 0 Å². The predicted octanol–water partition coefficient (Wildman–Crippen LogP) is 3.69. The van der Waals surface area contributed by atoms with Crippen LogP contribution in [0, 0.1) is 34.5 Å². The molecular weight excluding hydrogens is 368 g/mol. The van der Waals surface area contributed by atoms with Crippen LogP contribution in [-0.2, 0) is 14.3 Å². The third-order valence-corrected chi connectivity index (χ3v) is 9.06. The molecule has 0 bridgehead atoms. The summed E-state index contributed by atoms with van der Waals surface area (Å²) in [4.78, 5) is 24.7. The van der Waals surface area contributed by atoms with Gasteiger partial charge in [-0.25, -0.2) is 0 Å². The molecule has 6 heteroatoms. The quantitative estimate of drug-likeness (QED) is 0.424. The Kier molecular flexibility index (Phi) is 5.29. The van der Waals surface area contributed by atoms with Gasteiger partial charge in [-0.1, -0.05) is 19.0 Å². The van der Waals surface area contributed by atoms with Crippen molar-refractivity contribution in [1.82, 2.24) is 0 Å². The second-order valence-corrected chi connectivity index (χ2v) is 10.7. The summed E-state index contributed by atoms with van der Waals surface area (Å²) in [7, 11) is 0. The van der Waals surface area contributed by atoms with Gasteiger partial charge in [-0.05, 0) is 75.0 Å². The van der Waals surface area contributed by atoms with Crippen LogP contribution in [0.3, 0.4) is 0 Å². The fraction of sp³-hybridized carbons (Fsp3) is 0.870. The molecule has 3 N–H and O–H groups in total. The minimum atomic E-state index is -0.234. The average molecular weight is 405 g/mol. The highest BCUT2D eigenvalue weighted by Gasteiger charge is 2.62. The number of esters is 1. The van der Waals surface area contributed by atoms with Gasteiger partial charge in [0.25, 0.3) is 0 Å². The van der Waals surface area contributed by atoms with Gasteiger partial charge >= 0.3 is 5.97 Å². The Hall–Kier alpha value is -1.43. The van der Waals surface area contributed by atoms with E-state index in [1.165, 1.54) is 0 Å². The van der Waals surface area contributed by atoms with Gasteiger partial charge in [0.2, 0.25) is 0 Å². The lowest BCUT2D eigenvalue weighted by Crippen LogP contribution is -2.57. The van der Waals surface area contributed by atoms with Crippen LogP contribution in [0.25, 0.3) is 0 Å². The van der Waals surface area contributed by atoms with Gasteiger partial charge in [0.05, 0.1) is 12.1 Å². The Balaban J connectivity index is 1.55. The number of carbonyl (C=O) groups excluding carboxylic acids is 2. The maximum Gasteiger partial charge on any atom is 0.307 e. The molecule has 0 aliphatic heterocycles. The van der Waals surface area contributed by atoms with Crippen molar-refractivity contribution in [3.8, 4) is 0 Å². The summed E-state index contributed by atoms with van der Waals surface area (Å²) in [5.41, 5.74) is 6.44. The molecule has 0 radical (unpaired) electrons. The first kappa shape index (κ1) is 20.8. The maximum absolute atomic E-state index is 12.6. The lowest BCUT2D eigenvalue weighted by molar-refractivity contribution is -0.156. The second kappa shape index (κ2) is 7.36. The molecule has 0 spiro atoms. The van der Waals surface area contributed by atoms with Gasteiger partial charge in [-0.2, -0.15) is 0 Å². The smallest absolute Gasteiger partial charge is 0.307 e. The molecule has 0 saturated heterocycles. The van der Waals surface area contributed by atoms with Crippen LogP contribution in [-0.4, -0.2) is 34.8 Å². The van der Waals surface area contributed by atoms with Crippen molar-refractivity contribution >= 4 is 17.5 Å². The molecule has 4 fully saturated rings. The maximum atomic E-state index is 12.6. The van der Waals surface area contributed by atoms with Gasteiger partial charge in [0, 0.05) is 23.8 Å². The number of rotatable bonds is 3. The summed E-state index contributed by atoms with van der Waals surface area (Å²) in [6.07, 6.45) is 7.16. The van der Waals surface area contributed by atoms with Crippen LogP contribution < -0.4 is 5.73 Å². The molecular formula is C23H36N2O4. The molecule has 0 aromatic rings. The monoisotopic (exact) mass is 404 g/mol. The van der Waals surface area contributed by atoms with E-state index in [2.05, 4.69) is 19.0 Å². The second-order valence-electron chi connectivity index (χ2n) is 10.7. The number of ether oxygens (including phenoxy) is 1. The molecule has 0 amide bonds. The zero-order chi connectivity index (χ0) is 21.0. The first-order chi connectivity index (χ1) is 13.7. The summed E-state index contributed by atoms with van der Waals surface area (Å²) < 4.78 is 5.72. The van der Waals surface area contributed by atoms with Crippen molar-refractivity contribution in [3.05, 3.63) is 0 Å². The number of nitrogens with two attached hydrogens (primary N) is 1. The van der Waals surface area contributed by atoms with E-state index < -0.39 is 0 Å². The van der Waals surface area contributed by atoms with E-state index in [1.54, 1.807) is 0 Å². The first-order valence-corrected chi connectivity index (χ1v) is 11.4. The molecule has 4 aliphatic carbocycles.